The number of nitrogens with zero attached hydrogens (tertiary/aromatic N) is 1. The number of amides is 1. The van der Waals surface area contributed by atoms with Gasteiger partial charge < -0.3 is 4.90 Å². The van der Waals surface area contributed by atoms with Gasteiger partial charge >= 0.3 is 0 Å². The monoisotopic (exact) mass is 349 g/mol. The molecule has 0 aliphatic carbocycles. The standard InChI is InChI=1S/C18H17ClFNOS/c19-16-6-3-7-17(20)15(16)11-23-12-18(22)21-9-8-13-4-1-2-5-14(13)10-21/h1-7H,8-12H2. The fraction of sp³-hybridized carbons (Fsp3) is 0.278. The Balaban J connectivity index is 1.55. The van der Waals surface area contributed by atoms with Crippen LogP contribution < -0.4 is 0 Å². The lowest BCUT2D eigenvalue weighted by atomic mass is 10.00. The summed E-state index contributed by atoms with van der Waals surface area (Å²) in [5, 5.41) is 0.414. The molecule has 0 saturated heterocycles. The molecular weight excluding hydrogens is 333 g/mol. The van der Waals surface area contributed by atoms with Gasteiger partial charge in [-0.2, -0.15) is 0 Å². The van der Waals surface area contributed by atoms with Crippen LogP contribution >= 0.6 is 23.4 Å². The van der Waals surface area contributed by atoms with E-state index in [9.17, 15) is 9.18 Å². The molecule has 2 aromatic rings. The first-order valence-corrected chi connectivity index (χ1v) is 9.03. The average molecular weight is 350 g/mol. The van der Waals surface area contributed by atoms with Crippen LogP contribution in [0.3, 0.4) is 0 Å². The van der Waals surface area contributed by atoms with Crippen molar-refractivity contribution >= 4 is 29.3 Å². The molecule has 3 rings (SSSR count). The molecule has 0 N–H and O–H groups in total. The molecular formula is C18H17ClFNOS. The first kappa shape index (κ1) is 16.3. The van der Waals surface area contributed by atoms with Crippen LogP contribution in [-0.2, 0) is 23.5 Å². The SMILES string of the molecule is O=C(CSCc1c(F)cccc1Cl)N1CCc2ccccc2C1. The molecule has 23 heavy (non-hydrogen) atoms. The van der Waals surface area contributed by atoms with E-state index in [1.165, 1.54) is 29.0 Å². The molecule has 0 atom stereocenters. The molecule has 1 amide bonds. The maximum absolute atomic E-state index is 13.7. The Kier molecular flexibility index (Phi) is 5.23. The van der Waals surface area contributed by atoms with Crippen molar-refractivity contribution < 1.29 is 9.18 Å². The molecule has 120 valence electrons. The normalized spacial score (nSPS) is 13.7. The van der Waals surface area contributed by atoms with Gasteiger partial charge in [-0.15, -0.1) is 11.8 Å². The number of rotatable bonds is 4. The molecule has 0 spiro atoms. The van der Waals surface area contributed by atoms with E-state index in [0.717, 1.165) is 13.0 Å². The van der Waals surface area contributed by atoms with Crippen LogP contribution in [0.4, 0.5) is 4.39 Å². The molecule has 0 fully saturated rings. The Hall–Kier alpha value is -1.52. The lowest BCUT2D eigenvalue weighted by molar-refractivity contribution is -0.129. The van der Waals surface area contributed by atoms with Gasteiger partial charge in [-0.3, -0.25) is 4.79 Å². The predicted octanol–water partition coefficient (Wildman–Crippen LogP) is 4.30. The summed E-state index contributed by atoms with van der Waals surface area (Å²) < 4.78 is 13.7. The quantitative estimate of drug-likeness (QED) is 0.820. The summed E-state index contributed by atoms with van der Waals surface area (Å²) in [6.45, 7) is 1.41. The summed E-state index contributed by atoms with van der Waals surface area (Å²) in [4.78, 5) is 14.2. The Morgan fingerprint density at radius 1 is 1.17 bits per heavy atom. The van der Waals surface area contributed by atoms with E-state index in [4.69, 9.17) is 11.6 Å². The largest absolute Gasteiger partial charge is 0.337 e. The van der Waals surface area contributed by atoms with Gasteiger partial charge in [-0.1, -0.05) is 41.9 Å². The summed E-state index contributed by atoms with van der Waals surface area (Å²) in [7, 11) is 0. The minimum atomic E-state index is -0.315. The van der Waals surface area contributed by atoms with Gasteiger partial charge in [-0.05, 0) is 29.7 Å². The molecule has 1 aliphatic rings. The van der Waals surface area contributed by atoms with Crippen LogP contribution in [0.5, 0.6) is 0 Å². The van der Waals surface area contributed by atoms with Crippen molar-refractivity contribution in [3.05, 3.63) is 70.0 Å². The smallest absolute Gasteiger partial charge is 0.232 e. The molecule has 0 aromatic heterocycles. The Bertz CT molecular complexity index is 702. The number of thioether (sulfide) groups is 1. The Morgan fingerprint density at radius 2 is 1.96 bits per heavy atom. The summed E-state index contributed by atoms with van der Waals surface area (Å²) in [6, 6.07) is 12.9. The van der Waals surface area contributed by atoms with E-state index < -0.39 is 0 Å². The summed E-state index contributed by atoms with van der Waals surface area (Å²) in [5.41, 5.74) is 3.01. The van der Waals surface area contributed by atoms with Crippen molar-refractivity contribution in [1.29, 1.82) is 0 Å². The minimum absolute atomic E-state index is 0.0944. The molecule has 0 radical (unpaired) electrons. The number of carbonyl (C=O) groups is 1. The molecule has 0 saturated carbocycles. The van der Waals surface area contributed by atoms with E-state index in [2.05, 4.69) is 12.1 Å². The van der Waals surface area contributed by atoms with Crippen molar-refractivity contribution in [2.24, 2.45) is 0 Å². The zero-order chi connectivity index (χ0) is 16.2. The van der Waals surface area contributed by atoms with Crippen LogP contribution in [0.25, 0.3) is 0 Å². The molecule has 5 heteroatoms. The van der Waals surface area contributed by atoms with Gasteiger partial charge in [0.15, 0.2) is 0 Å². The maximum Gasteiger partial charge on any atom is 0.232 e. The third-order valence-corrected chi connectivity index (χ3v) is 5.31. The Morgan fingerprint density at radius 3 is 2.74 bits per heavy atom. The maximum atomic E-state index is 13.7. The fourth-order valence-corrected chi connectivity index (χ4v) is 3.98. The zero-order valence-electron chi connectivity index (χ0n) is 12.6. The highest BCUT2D eigenvalue weighted by Crippen LogP contribution is 2.25. The first-order valence-electron chi connectivity index (χ1n) is 7.50. The first-order chi connectivity index (χ1) is 11.1. The van der Waals surface area contributed by atoms with E-state index in [0.29, 0.717) is 28.6 Å². The molecule has 2 nitrogen and oxygen atoms in total. The number of hydrogen-bond donors (Lipinski definition) is 0. The summed E-state index contributed by atoms with van der Waals surface area (Å²) in [6.07, 6.45) is 0.895. The van der Waals surface area contributed by atoms with Crippen LogP contribution in [0.2, 0.25) is 5.02 Å². The van der Waals surface area contributed by atoms with E-state index in [-0.39, 0.29) is 11.7 Å². The van der Waals surface area contributed by atoms with Gasteiger partial charge in [0.05, 0.1) is 5.75 Å². The highest BCUT2D eigenvalue weighted by molar-refractivity contribution is 7.99. The third-order valence-electron chi connectivity index (χ3n) is 4.02. The number of carbonyl (C=O) groups excluding carboxylic acids is 1. The fourth-order valence-electron chi connectivity index (χ4n) is 2.71. The summed E-state index contributed by atoms with van der Waals surface area (Å²) >= 11 is 7.40. The molecule has 1 heterocycles. The van der Waals surface area contributed by atoms with Gasteiger partial charge in [0.1, 0.15) is 5.82 Å². The van der Waals surface area contributed by atoms with Gasteiger partial charge in [0, 0.05) is 29.4 Å². The zero-order valence-corrected chi connectivity index (χ0v) is 14.2. The van der Waals surface area contributed by atoms with E-state index in [1.54, 1.807) is 12.1 Å². The number of fused-ring (bicyclic) bond motifs is 1. The molecule has 1 aliphatic heterocycles. The lowest BCUT2D eigenvalue weighted by Crippen LogP contribution is -2.37. The van der Waals surface area contributed by atoms with Crippen molar-refractivity contribution in [2.45, 2.75) is 18.7 Å². The van der Waals surface area contributed by atoms with Gasteiger partial charge in [0.2, 0.25) is 5.91 Å². The second kappa shape index (κ2) is 7.37. The average Bonchev–Trinajstić information content (AvgIpc) is 2.57. The van der Waals surface area contributed by atoms with Crippen LogP contribution in [0.15, 0.2) is 42.5 Å². The molecule has 2 aromatic carbocycles. The number of benzene rings is 2. The highest BCUT2D eigenvalue weighted by atomic mass is 35.5. The predicted molar refractivity (Wildman–Crippen MR) is 93.1 cm³/mol. The highest BCUT2D eigenvalue weighted by Gasteiger charge is 2.20. The number of halogens is 2. The van der Waals surface area contributed by atoms with Crippen molar-refractivity contribution in [3.63, 3.8) is 0 Å². The molecule has 0 unspecified atom stereocenters. The minimum Gasteiger partial charge on any atom is -0.337 e. The third kappa shape index (κ3) is 3.88. The topological polar surface area (TPSA) is 20.3 Å². The van der Waals surface area contributed by atoms with Crippen LogP contribution in [-0.4, -0.2) is 23.1 Å². The van der Waals surface area contributed by atoms with Crippen molar-refractivity contribution in [2.75, 3.05) is 12.3 Å². The molecule has 0 bridgehead atoms. The lowest BCUT2D eigenvalue weighted by Gasteiger charge is -2.28. The van der Waals surface area contributed by atoms with Gasteiger partial charge in [-0.25, -0.2) is 4.39 Å². The Labute approximate surface area is 144 Å². The van der Waals surface area contributed by atoms with E-state index >= 15 is 0 Å². The second-order valence-electron chi connectivity index (χ2n) is 5.53. The van der Waals surface area contributed by atoms with Gasteiger partial charge in [0.25, 0.3) is 0 Å². The van der Waals surface area contributed by atoms with E-state index in [1.807, 2.05) is 17.0 Å². The van der Waals surface area contributed by atoms with Crippen LogP contribution in [0.1, 0.15) is 16.7 Å². The number of hydrogen-bond acceptors (Lipinski definition) is 2. The van der Waals surface area contributed by atoms with Crippen molar-refractivity contribution in [1.82, 2.24) is 4.90 Å². The van der Waals surface area contributed by atoms with Crippen molar-refractivity contribution in [3.8, 4) is 0 Å². The van der Waals surface area contributed by atoms with Crippen LogP contribution in [0, 0.1) is 5.82 Å². The summed E-state index contributed by atoms with van der Waals surface area (Å²) in [5.74, 6) is 0.524. The second-order valence-corrected chi connectivity index (χ2v) is 6.92.